The van der Waals surface area contributed by atoms with Crippen molar-refractivity contribution in [1.82, 2.24) is 0 Å². The molecule has 0 aliphatic rings. The summed E-state index contributed by atoms with van der Waals surface area (Å²) in [6.07, 6.45) is 0. The zero-order valence-electron chi connectivity index (χ0n) is 33.7. The molecule has 0 spiro atoms. The minimum atomic E-state index is -0.210. The first-order chi connectivity index (χ1) is 30.7. The summed E-state index contributed by atoms with van der Waals surface area (Å²) in [5.74, 6) is 0. The summed E-state index contributed by atoms with van der Waals surface area (Å²) in [6, 6.07) is 79.0. The largest absolute Gasteiger partial charge is 0.243 e. The van der Waals surface area contributed by atoms with Gasteiger partial charge in [-0.15, -0.1) is 0 Å². The summed E-state index contributed by atoms with van der Waals surface area (Å²) < 4.78 is 0. The standard InChI is InChI=1S/C58H34B2N2/c61-35-41-33-55(59(51-25-9-17-37-13-1-5-21-43(37)51)52-26-10-18-38-14-2-6-22-44(38)52)49-31-32-50-56(34-42(36-62)48-30-29-47(41)57(49)58(48)50)60(53-27-11-19-39-15-3-7-23-45(39)53)54-28-12-20-40-16-4-8-24-46(40)54/h1-34H. The third-order valence-electron chi connectivity index (χ3n) is 13.4. The highest BCUT2D eigenvalue weighted by atomic mass is 14.3. The van der Waals surface area contributed by atoms with Gasteiger partial charge in [0.05, 0.1) is 23.3 Å². The van der Waals surface area contributed by atoms with Crippen LogP contribution in [0.1, 0.15) is 11.1 Å². The molecule has 0 N–H and O–H groups in total. The molecule has 0 atom stereocenters. The van der Waals surface area contributed by atoms with E-state index in [2.05, 4.69) is 218 Å². The molecule has 0 unspecified atom stereocenters. The molecule has 282 valence electrons. The first-order valence-electron chi connectivity index (χ1n) is 21.2. The fourth-order valence-corrected chi connectivity index (χ4v) is 10.7. The Morgan fingerprint density at radius 2 is 0.532 bits per heavy atom. The van der Waals surface area contributed by atoms with Crippen LogP contribution in [-0.2, 0) is 0 Å². The van der Waals surface area contributed by atoms with Gasteiger partial charge in [0.1, 0.15) is 0 Å². The van der Waals surface area contributed by atoms with Crippen molar-refractivity contribution in [2.45, 2.75) is 0 Å². The van der Waals surface area contributed by atoms with Crippen LogP contribution in [0.25, 0.3) is 75.4 Å². The van der Waals surface area contributed by atoms with Crippen LogP contribution < -0.4 is 32.8 Å². The fourth-order valence-electron chi connectivity index (χ4n) is 10.7. The number of nitriles is 2. The van der Waals surface area contributed by atoms with E-state index in [4.69, 9.17) is 0 Å². The molecule has 0 amide bonds. The lowest BCUT2D eigenvalue weighted by Crippen LogP contribution is -2.53. The summed E-state index contributed by atoms with van der Waals surface area (Å²) in [4.78, 5) is 0. The van der Waals surface area contributed by atoms with E-state index in [0.29, 0.717) is 11.1 Å². The van der Waals surface area contributed by atoms with Crippen molar-refractivity contribution in [1.29, 1.82) is 10.5 Å². The van der Waals surface area contributed by atoms with E-state index in [1.807, 2.05) is 0 Å². The Kier molecular flexibility index (Phi) is 8.21. The molecule has 62 heavy (non-hydrogen) atoms. The molecule has 4 heteroatoms. The smallest absolute Gasteiger partial charge is 0.192 e. The van der Waals surface area contributed by atoms with E-state index in [1.54, 1.807) is 0 Å². The monoisotopic (exact) mass is 780 g/mol. The molecule has 12 aromatic carbocycles. The number of hydrogen-bond donors (Lipinski definition) is 0. The zero-order valence-corrected chi connectivity index (χ0v) is 33.7. The number of rotatable bonds is 6. The number of hydrogen-bond acceptors (Lipinski definition) is 2. The van der Waals surface area contributed by atoms with Crippen LogP contribution in [0.2, 0.25) is 0 Å². The molecule has 0 saturated carbocycles. The summed E-state index contributed by atoms with van der Waals surface area (Å²) in [6.45, 7) is -0.421. The first-order valence-corrected chi connectivity index (χ1v) is 21.2. The van der Waals surface area contributed by atoms with Crippen molar-refractivity contribution in [2.24, 2.45) is 0 Å². The molecule has 0 aliphatic heterocycles. The van der Waals surface area contributed by atoms with Crippen molar-refractivity contribution in [2.75, 3.05) is 0 Å². The number of nitrogens with zero attached hydrogens (tertiary/aromatic N) is 2. The van der Waals surface area contributed by atoms with Gasteiger partial charge in [-0.2, -0.15) is 10.5 Å². The van der Waals surface area contributed by atoms with E-state index in [9.17, 15) is 10.5 Å². The van der Waals surface area contributed by atoms with Crippen molar-refractivity contribution in [3.05, 3.63) is 217 Å². The maximum Gasteiger partial charge on any atom is 0.243 e. The molecule has 12 rings (SSSR count). The molecule has 0 saturated heterocycles. The Balaban J connectivity index is 1.23. The zero-order chi connectivity index (χ0) is 41.3. The normalized spacial score (nSPS) is 11.5. The molecule has 2 nitrogen and oxygen atoms in total. The Hall–Kier alpha value is -8.17. The highest BCUT2D eigenvalue weighted by molar-refractivity contribution is 7.00. The Bertz CT molecular complexity index is 3440. The van der Waals surface area contributed by atoms with Crippen LogP contribution in [0.5, 0.6) is 0 Å². The van der Waals surface area contributed by atoms with Gasteiger partial charge >= 0.3 is 0 Å². The predicted molar refractivity (Wildman–Crippen MR) is 265 cm³/mol. The number of benzene rings is 12. The SMILES string of the molecule is N#Cc1cc(B(c2cccc3ccccc23)c2cccc3ccccc23)c2ccc3c(B(c4cccc5ccccc45)c4cccc5ccccc45)cc(C#N)c4ccc1c2c43. The van der Waals surface area contributed by atoms with Crippen molar-refractivity contribution >= 4 is 122 Å². The van der Waals surface area contributed by atoms with Gasteiger partial charge in [0.25, 0.3) is 0 Å². The van der Waals surface area contributed by atoms with Crippen LogP contribution in [0.3, 0.4) is 0 Å². The van der Waals surface area contributed by atoms with Gasteiger partial charge in [0.15, 0.2) is 0 Å². The summed E-state index contributed by atoms with van der Waals surface area (Å²) in [5, 5.41) is 37.6. The molecule has 0 heterocycles. The molecular formula is C58H34B2N2. The Morgan fingerprint density at radius 3 is 0.839 bits per heavy atom. The second-order valence-electron chi connectivity index (χ2n) is 16.5. The highest BCUT2D eigenvalue weighted by Gasteiger charge is 2.32. The Morgan fingerprint density at radius 1 is 0.258 bits per heavy atom. The topological polar surface area (TPSA) is 47.6 Å². The van der Waals surface area contributed by atoms with E-state index in [0.717, 1.165) is 43.2 Å². The van der Waals surface area contributed by atoms with Gasteiger partial charge in [0, 0.05) is 10.8 Å². The van der Waals surface area contributed by atoms with E-state index in [-0.39, 0.29) is 13.4 Å². The second kappa shape index (κ2) is 14.2. The van der Waals surface area contributed by atoms with Gasteiger partial charge in [-0.05, 0) is 76.8 Å². The molecular weight excluding hydrogens is 746 g/mol. The average Bonchev–Trinajstić information content (AvgIpc) is 3.34. The van der Waals surface area contributed by atoms with Gasteiger partial charge in [-0.1, -0.05) is 227 Å². The molecule has 0 bridgehead atoms. The third kappa shape index (κ3) is 5.38. The van der Waals surface area contributed by atoms with Crippen LogP contribution in [0.15, 0.2) is 206 Å². The van der Waals surface area contributed by atoms with Crippen molar-refractivity contribution in [3.63, 3.8) is 0 Å². The summed E-state index contributed by atoms with van der Waals surface area (Å²) in [7, 11) is 0. The molecule has 0 radical (unpaired) electrons. The van der Waals surface area contributed by atoms with Crippen molar-refractivity contribution < 1.29 is 0 Å². The quantitative estimate of drug-likeness (QED) is 0.125. The maximum absolute atomic E-state index is 11.1. The van der Waals surface area contributed by atoms with E-state index >= 15 is 0 Å². The van der Waals surface area contributed by atoms with E-state index < -0.39 is 0 Å². The minimum absolute atomic E-state index is 0.210. The fraction of sp³-hybridized carbons (Fsp3) is 0. The lowest BCUT2D eigenvalue weighted by atomic mass is 9.34. The highest BCUT2D eigenvalue weighted by Crippen LogP contribution is 2.37. The lowest BCUT2D eigenvalue weighted by molar-refractivity contribution is 1.50. The third-order valence-corrected chi connectivity index (χ3v) is 13.4. The van der Waals surface area contributed by atoms with Gasteiger partial charge in [-0.3, -0.25) is 0 Å². The van der Waals surface area contributed by atoms with Gasteiger partial charge < -0.3 is 0 Å². The maximum atomic E-state index is 11.1. The summed E-state index contributed by atoms with van der Waals surface area (Å²) in [5.41, 5.74) is 8.12. The molecule has 12 aromatic rings. The summed E-state index contributed by atoms with van der Waals surface area (Å²) >= 11 is 0. The Labute approximate surface area is 360 Å². The van der Waals surface area contributed by atoms with Gasteiger partial charge in [-0.25, -0.2) is 0 Å². The molecule has 0 fully saturated rings. The van der Waals surface area contributed by atoms with Crippen LogP contribution >= 0.6 is 0 Å². The van der Waals surface area contributed by atoms with Crippen LogP contribution in [0, 0.1) is 22.7 Å². The van der Waals surface area contributed by atoms with Crippen LogP contribution in [-0.4, -0.2) is 13.4 Å². The van der Waals surface area contributed by atoms with Crippen LogP contribution in [0.4, 0.5) is 0 Å². The predicted octanol–water partition coefficient (Wildman–Crippen LogP) is 9.97. The number of fused-ring (bicyclic) bond motifs is 4. The second-order valence-corrected chi connectivity index (χ2v) is 16.5. The lowest BCUT2D eigenvalue weighted by Gasteiger charge is -2.25. The molecule has 0 aliphatic carbocycles. The van der Waals surface area contributed by atoms with Crippen molar-refractivity contribution in [3.8, 4) is 12.1 Å². The molecule has 0 aromatic heterocycles. The van der Waals surface area contributed by atoms with Gasteiger partial charge in [0.2, 0.25) is 13.4 Å². The van der Waals surface area contributed by atoms with E-state index in [1.165, 1.54) is 64.9 Å². The first kappa shape index (κ1) is 35.7. The minimum Gasteiger partial charge on any atom is -0.192 e. The average molecular weight is 781 g/mol.